The Morgan fingerprint density at radius 1 is 0.300 bits per heavy atom. The van der Waals surface area contributed by atoms with Crippen molar-refractivity contribution in [3.63, 3.8) is 0 Å². The maximum atomic E-state index is 2.46. The number of para-hydroxylation sites is 2. The molecule has 0 amide bonds. The Hall–Kier alpha value is -7.16. The summed E-state index contributed by atoms with van der Waals surface area (Å²) >= 11 is 0. The number of anilines is 6. The van der Waals surface area contributed by atoms with Crippen molar-refractivity contribution in [2.45, 2.75) is 39.5 Å². The average Bonchev–Trinajstić information content (AvgIpc) is 3.30. The zero-order chi connectivity index (χ0) is 40.7. The quantitative estimate of drug-likeness (QED) is 0.128. The van der Waals surface area contributed by atoms with Crippen LogP contribution in [0.2, 0.25) is 0 Å². The molecule has 0 aliphatic heterocycles. The Bertz CT molecular complexity index is 3040. The first-order valence-corrected chi connectivity index (χ1v) is 21.2. The van der Waals surface area contributed by atoms with Gasteiger partial charge in [0, 0.05) is 44.3 Å². The molecule has 0 saturated heterocycles. The molecule has 0 heterocycles. The Morgan fingerprint density at radius 2 is 0.667 bits per heavy atom. The maximum Gasteiger partial charge on any atom is 0.0547 e. The third-order valence-electron chi connectivity index (χ3n) is 12.2. The molecule has 2 heteroatoms. The van der Waals surface area contributed by atoms with E-state index >= 15 is 0 Å². The Morgan fingerprint density at radius 3 is 1.13 bits per heavy atom. The monoisotopic (exact) mass is 772 g/mol. The van der Waals surface area contributed by atoms with Crippen molar-refractivity contribution in [3.05, 3.63) is 217 Å². The number of hydrogen-bond donors (Lipinski definition) is 0. The number of benzene rings is 10. The summed E-state index contributed by atoms with van der Waals surface area (Å²) in [6.45, 7) is 9.03. The van der Waals surface area contributed by atoms with Gasteiger partial charge in [0.15, 0.2) is 0 Å². The van der Waals surface area contributed by atoms with Crippen molar-refractivity contribution in [3.8, 4) is 22.3 Å². The van der Waals surface area contributed by atoms with Crippen molar-refractivity contribution in [1.29, 1.82) is 0 Å². The van der Waals surface area contributed by atoms with Gasteiger partial charge in [-0.3, -0.25) is 0 Å². The minimum Gasteiger partial charge on any atom is -0.310 e. The topological polar surface area (TPSA) is 6.48 Å². The van der Waals surface area contributed by atoms with Crippen molar-refractivity contribution < 1.29 is 0 Å². The van der Waals surface area contributed by atoms with Gasteiger partial charge in [0.05, 0.1) is 11.4 Å². The van der Waals surface area contributed by atoms with Gasteiger partial charge in [0.2, 0.25) is 0 Å². The molecule has 10 aromatic carbocycles. The van der Waals surface area contributed by atoms with Gasteiger partial charge in [-0.15, -0.1) is 0 Å². The van der Waals surface area contributed by atoms with E-state index in [-0.39, 0.29) is 0 Å². The van der Waals surface area contributed by atoms with E-state index in [1.165, 1.54) is 65.7 Å². The lowest BCUT2D eigenvalue weighted by atomic mass is 9.84. The van der Waals surface area contributed by atoms with Gasteiger partial charge in [-0.05, 0) is 123 Å². The fourth-order valence-corrected chi connectivity index (χ4v) is 9.07. The molecular formula is C58H48N2. The number of hydrogen-bond acceptors (Lipinski definition) is 2. The van der Waals surface area contributed by atoms with Crippen LogP contribution in [-0.4, -0.2) is 0 Å². The van der Waals surface area contributed by atoms with Crippen LogP contribution in [0.15, 0.2) is 206 Å². The van der Waals surface area contributed by atoms with Crippen molar-refractivity contribution in [1.82, 2.24) is 0 Å². The van der Waals surface area contributed by atoms with E-state index in [9.17, 15) is 0 Å². The standard InChI is InChI=1S/C58H48N2/c1-39(2)41-25-29-47(30-26-41)59(45-21-13-7-14-22-45)55-36-35-50-52(43-17-9-5-10-18-43)37-54-56(60(46-23-15-8-16-24-46)48-31-27-42(28-32-48)40(3)4)38-53(44-19-11-6-12-20-44)49-33-34-51(55)57(50)58(49)54/h5-40H,1-4H3. The SMILES string of the molecule is CC(C)c1ccc(N(c2ccccc2)c2ccc3c(-c4ccccc4)cc4c(N(c5ccccc5)c5ccc(C(C)C)cc5)cc(-c5ccccc5)c5ccc2c3c54)cc1. The van der Waals surface area contributed by atoms with Gasteiger partial charge in [-0.2, -0.15) is 0 Å². The summed E-state index contributed by atoms with van der Waals surface area (Å²) in [5, 5.41) is 7.44. The zero-order valence-electron chi connectivity index (χ0n) is 34.7. The van der Waals surface area contributed by atoms with Crippen LogP contribution in [0.5, 0.6) is 0 Å². The van der Waals surface area contributed by atoms with Gasteiger partial charge in [0.1, 0.15) is 0 Å². The van der Waals surface area contributed by atoms with Crippen molar-refractivity contribution in [2.24, 2.45) is 0 Å². The minimum atomic E-state index is 0.440. The van der Waals surface area contributed by atoms with Crippen LogP contribution in [0, 0.1) is 0 Å². The molecule has 60 heavy (non-hydrogen) atoms. The second-order valence-electron chi connectivity index (χ2n) is 16.5. The Balaban J connectivity index is 1.35. The summed E-state index contributed by atoms with van der Waals surface area (Å²) in [4.78, 5) is 4.90. The highest BCUT2D eigenvalue weighted by molar-refractivity contribution is 6.32. The fraction of sp³-hybridized carbons (Fsp3) is 0.103. The summed E-state index contributed by atoms with van der Waals surface area (Å²) in [5.74, 6) is 0.890. The lowest BCUT2D eigenvalue weighted by Gasteiger charge is -2.31. The van der Waals surface area contributed by atoms with E-state index in [0.717, 1.165) is 34.1 Å². The maximum absolute atomic E-state index is 2.46. The van der Waals surface area contributed by atoms with Crippen molar-refractivity contribution in [2.75, 3.05) is 9.80 Å². The third kappa shape index (κ3) is 6.55. The van der Waals surface area contributed by atoms with E-state index < -0.39 is 0 Å². The molecule has 0 aliphatic carbocycles. The number of nitrogens with zero attached hydrogens (tertiary/aromatic N) is 2. The van der Waals surface area contributed by atoms with Gasteiger partial charge in [-0.1, -0.05) is 167 Å². The smallest absolute Gasteiger partial charge is 0.0547 e. The predicted molar refractivity (Wildman–Crippen MR) is 259 cm³/mol. The van der Waals surface area contributed by atoms with Crippen LogP contribution in [0.3, 0.4) is 0 Å². The molecule has 10 aromatic rings. The van der Waals surface area contributed by atoms with E-state index in [4.69, 9.17) is 0 Å². The molecule has 0 unspecified atom stereocenters. The fourth-order valence-electron chi connectivity index (χ4n) is 9.07. The second kappa shape index (κ2) is 15.5. The molecule has 0 aliphatic rings. The van der Waals surface area contributed by atoms with Gasteiger partial charge in [0.25, 0.3) is 0 Å². The van der Waals surface area contributed by atoms with Gasteiger partial charge < -0.3 is 9.80 Å². The van der Waals surface area contributed by atoms with E-state index in [1.54, 1.807) is 0 Å². The lowest BCUT2D eigenvalue weighted by molar-refractivity contribution is 0.866. The molecular weight excluding hydrogens is 725 g/mol. The van der Waals surface area contributed by atoms with E-state index in [0.29, 0.717) is 11.8 Å². The van der Waals surface area contributed by atoms with Crippen LogP contribution < -0.4 is 9.80 Å². The highest BCUT2D eigenvalue weighted by Crippen LogP contribution is 2.52. The molecule has 0 spiro atoms. The second-order valence-corrected chi connectivity index (χ2v) is 16.5. The first-order valence-electron chi connectivity index (χ1n) is 21.2. The third-order valence-corrected chi connectivity index (χ3v) is 12.2. The Kier molecular flexibility index (Phi) is 9.62. The molecule has 2 nitrogen and oxygen atoms in total. The molecule has 0 saturated carbocycles. The van der Waals surface area contributed by atoms with Gasteiger partial charge >= 0.3 is 0 Å². The molecule has 0 radical (unpaired) electrons. The van der Waals surface area contributed by atoms with Crippen LogP contribution >= 0.6 is 0 Å². The first-order chi connectivity index (χ1) is 29.4. The number of rotatable bonds is 10. The van der Waals surface area contributed by atoms with Crippen LogP contribution in [0.4, 0.5) is 34.1 Å². The molecule has 0 bridgehead atoms. The summed E-state index contributed by atoms with van der Waals surface area (Å²) < 4.78 is 0. The minimum absolute atomic E-state index is 0.440. The summed E-state index contributed by atoms with van der Waals surface area (Å²) in [5.41, 5.74) is 14.3. The zero-order valence-corrected chi connectivity index (χ0v) is 34.7. The molecule has 0 aromatic heterocycles. The highest BCUT2D eigenvalue weighted by Gasteiger charge is 2.25. The predicted octanol–water partition coefficient (Wildman–Crippen LogP) is 17.1. The first kappa shape index (κ1) is 37.1. The normalized spacial score (nSPS) is 11.6. The highest BCUT2D eigenvalue weighted by atomic mass is 15.1. The van der Waals surface area contributed by atoms with E-state index in [1.807, 2.05) is 0 Å². The van der Waals surface area contributed by atoms with Crippen LogP contribution in [0.1, 0.15) is 50.7 Å². The van der Waals surface area contributed by atoms with Crippen LogP contribution in [-0.2, 0) is 0 Å². The summed E-state index contributed by atoms with van der Waals surface area (Å²) in [6, 6.07) is 76.1. The largest absolute Gasteiger partial charge is 0.310 e. The average molecular weight is 773 g/mol. The summed E-state index contributed by atoms with van der Waals surface area (Å²) in [7, 11) is 0. The molecule has 0 fully saturated rings. The van der Waals surface area contributed by atoms with E-state index in [2.05, 4.69) is 244 Å². The van der Waals surface area contributed by atoms with Crippen LogP contribution in [0.25, 0.3) is 54.6 Å². The van der Waals surface area contributed by atoms with Gasteiger partial charge in [-0.25, -0.2) is 0 Å². The molecule has 10 rings (SSSR count). The lowest BCUT2D eigenvalue weighted by Crippen LogP contribution is -2.12. The molecule has 0 N–H and O–H groups in total. The Labute approximate surface area is 354 Å². The van der Waals surface area contributed by atoms with Crippen molar-refractivity contribution >= 4 is 66.4 Å². The molecule has 0 atom stereocenters. The summed E-state index contributed by atoms with van der Waals surface area (Å²) in [6.07, 6.45) is 0. The molecule has 290 valence electrons.